The Hall–Kier alpha value is -4.47. The number of furan rings is 1. The molecule has 2 amide bonds. The number of hydrogen-bond donors (Lipinski definition) is 1. The molecule has 0 aliphatic heterocycles. The number of anilines is 1. The lowest BCUT2D eigenvalue weighted by Gasteiger charge is -2.32. The van der Waals surface area contributed by atoms with E-state index in [1.165, 1.54) is 29.3 Å². The maximum Gasteiger partial charge on any atom is 0.294 e. The van der Waals surface area contributed by atoms with Crippen molar-refractivity contribution in [2.24, 2.45) is 0 Å². The molecule has 1 fully saturated rings. The monoisotopic (exact) mass is 500 g/mol. The largest absolute Gasteiger partial charge is 0.494 e. The zero-order chi connectivity index (χ0) is 25.8. The molecule has 4 aromatic rings. The molecule has 0 unspecified atom stereocenters. The van der Waals surface area contributed by atoms with Crippen LogP contribution in [0, 0.1) is 6.92 Å². The van der Waals surface area contributed by atoms with E-state index in [2.05, 4.69) is 20.8 Å². The minimum atomic E-state index is -0.942. The number of ether oxygens (including phenoxy) is 1. The van der Waals surface area contributed by atoms with Gasteiger partial charge in [-0.1, -0.05) is 42.7 Å². The zero-order valence-electron chi connectivity index (χ0n) is 20.7. The van der Waals surface area contributed by atoms with E-state index in [9.17, 15) is 9.59 Å². The van der Waals surface area contributed by atoms with Crippen LogP contribution in [0.2, 0.25) is 0 Å². The SMILES string of the molecule is COc1cc(N(C(=O)c2ccco2)[C@@H](C(=O)NC2CCCC2)c2ccc(C)cc2)ccc1-n1cnnn1. The van der Waals surface area contributed by atoms with Crippen molar-refractivity contribution in [1.82, 2.24) is 25.5 Å². The number of tetrazole rings is 1. The first-order chi connectivity index (χ1) is 18.0. The van der Waals surface area contributed by atoms with E-state index < -0.39 is 11.9 Å². The molecule has 2 heterocycles. The molecule has 2 aromatic heterocycles. The average molecular weight is 501 g/mol. The fraction of sp³-hybridized carbons (Fsp3) is 0.296. The zero-order valence-corrected chi connectivity index (χ0v) is 20.7. The number of aryl methyl sites for hydroxylation is 1. The molecule has 10 heteroatoms. The summed E-state index contributed by atoms with van der Waals surface area (Å²) in [5.41, 5.74) is 2.78. The predicted molar refractivity (Wildman–Crippen MR) is 136 cm³/mol. The maximum atomic E-state index is 13.9. The molecular formula is C27H28N6O4. The van der Waals surface area contributed by atoms with Crippen molar-refractivity contribution >= 4 is 17.5 Å². The van der Waals surface area contributed by atoms with Crippen LogP contribution < -0.4 is 15.0 Å². The van der Waals surface area contributed by atoms with Gasteiger partial charge in [-0.2, -0.15) is 4.68 Å². The second-order valence-corrected chi connectivity index (χ2v) is 9.07. The lowest BCUT2D eigenvalue weighted by molar-refractivity contribution is -0.123. The fourth-order valence-corrected chi connectivity index (χ4v) is 4.70. The molecule has 190 valence electrons. The highest BCUT2D eigenvalue weighted by Gasteiger charge is 2.36. The van der Waals surface area contributed by atoms with Gasteiger partial charge in [-0.25, -0.2) is 0 Å². The van der Waals surface area contributed by atoms with Gasteiger partial charge in [0, 0.05) is 17.8 Å². The Kier molecular flexibility index (Phi) is 6.98. The molecular weight excluding hydrogens is 472 g/mol. The topological polar surface area (TPSA) is 115 Å². The third-order valence-corrected chi connectivity index (χ3v) is 6.59. The van der Waals surface area contributed by atoms with Crippen molar-refractivity contribution in [2.75, 3.05) is 12.0 Å². The van der Waals surface area contributed by atoms with Gasteiger partial charge >= 0.3 is 0 Å². The quantitative estimate of drug-likeness (QED) is 0.388. The van der Waals surface area contributed by atoms with Gasteiger partial charge in [0.05, 0.1) is 13.4 Å². The Morgan fingerprint density at radius 1 is 1.14 bits per heavy atom. The number of nitrogens with zero attached hydrogens (tertiary/aromatic N) is 5. The Morgan fingerprint density at radius 3 is 2.57 bits per heavy atom. The summed E-state index contributed by atoms with van der Waals surface area (Å²) in [6, 6.07) is 15.2. The molecule has 0 spiro atoms. The van der Waals surface area contributed by atoms with E-state index in [0.717, 1.165) is 31.2 Å². The summed E-state index contributed by atoms with van der Waals surface area (Å²) in [6.45, 7) is 1.98. The van der Waals surface area contributed by atoms with Crippen molar-refractivity contribution in [3.63, 3.8) is 0 Å². The highest BCUT2D eigenvalue weighted by atomic mass is 16.5. The van der Waals surface area contributed by atoms with E-state index >= 15 is 0 Å². The van der Waals surface area contributed by atoms with E-state index in [0.29, 0.717) is 22.7 Å². The van der Waals surface area contributed by atoms with Gasteiger partial charge in [0.25, 0.3) is 5.91 Å². The number of rotatable bonds is 8. The number of carbonyl (C=O) groups is 2. The molecule has 1 aliphatic rings. The van der Waals surface area contributed by atoms with Crippen LogP contribution in [0.1, 0.15) is 53.4 Å². The molecule has 2 aromatic carbocycles. The second kappa shape index (κ2) is 10.7. The molecule has 5 rings (SSSR count). The van der Waals surface area contributed by atoms with Crippen molar-refractivity contribution in [1.29, 1.82) is 0 Å². The molecule has 37 heavy (non-hydrogen) atoms. The Bertz CT molecular complexity index is 1350. The molecule has 1 saturated carbocycles. The number of amides is 2. The summed E-state index contributed by atoms with van der Waals surface area (Å²) in [7, 11) is 1.52. The van der Waals surface area contributed by atoms with Gasteiger partial charge in [0.2, 0.25) is 5.91 Å². The molecule has 0 saturated heterocycles. The van der Waals surface area contributed by atoms with Gasteiger partial charge in [-0.15, -0.1) is 5.10 Å². The van der Waals surface area contributed by atoms with Crippen LogP contribution in [-0.4, -0.2) is 45.2 Å². The van der Waals surface area contributed by atoms with Crippen molar-refractivity contribution in [2.45, 2.75) is 44.7 Å². The van der Waals surface area contributed by atoms with E-state index in [1.807, 2.05) is 31.2 Å². The lowest BCUT2D eigenvalue weighted by Crippen LogP contribution is -2.46. The first kappa shape index (κ1) is 24.2. The molecule has 1 aliphatic carbocycles. The third-order valence-electron chi connectivity index (χ3n) is 6.59. The number of nitrogens with one attached hydrogen (secondary N) is 1. The number of aromatic nitrogens is 4. The van der Waals surface area contributed by atoms with Crippen LogP contribution in [0.25, 0.3) is 5.69 Å². The van der Waals surface area contributed by atoms with Crippen molar-refractivity contribution < 1.29 is 18.7 Å². The first-order valence-corrected chi connectivity index (χ1v) is 12.2. The number of benzene rings is 2. The van der Waals surface area contributed by atoms with Gasteiger partial charge in [-0.3, -0.25) is 14.5 Å². The van der Waals surface area contributed by atoms with Crippen molar-refractivity contribution in [3.8, 4) is 11.4 Å². The minimum Gasteiger partial charge on any atom is -0.494 e. The van der Waals surface area contributed by atoms with E-state index in [4.69, 9.17) is 9.15 Å². The smallest absolute Gasteiger partial charge is 0.294 e. The Balaban J connectivity index is 1.63. The van der Waals surface area contributed by atoms with Gasteiger partial charge in [0.15, 0.2) is 5.76 Å². The van der Waals surface area contributed by atoms with Gasteiger partial charge < -0.3 is 14.5 Å². The molecule has 1 atom stereocenters. The highest BCUT2D eigenvalue weighted by Crippen LogP contribution is 2.35. The van der Waals surface area contributed by atoms with Crippen LogP contribution in [0.4, 0.5) is 5.69 Å². The third kappa shape index (κ3) is 5.09. The first-order valence-electron chi connectivity index (χ1n) is 12.2. The van der Waals surface area contributed by atoms with Crippen molar-refractivity contribution in [3.05, 3.63) is 84.1 Å². The van der Waals surface area contributed by atoms with Crippen LogP contribution in [-0.2, 0) is 4.79 Å². The maximum absolute atomic E-state index is 13.9. The normalized spacial score (nSPS) is 14.3. The van der Waals surface area contributed by atoms with Crippen LogP contribution >= 0.6 is 0 Å². The number of carbonyl (C=O) groups excluding carboxylic acids is 2. The summed E-state index contributed by atoms with van der Waals surface area (Å²) < 4.78 is 12.6. The second-order valence-electron chi connectivity index (χ2n) is 9.07. The average Bonchev–Trinajstić information content (AvgIpc) is 3.71. The summed E-state index contributed by atoms with van der Waals surface area (Å²) in [5.74, 6) is -0.149. The Labute approximate surface area is 214 Å². The van der Waals surface area contributed by atoms with E-state index in [1.54, 1.807) is 30.3 Å². The number of hydrogen-bond acceptors (Lipinski definition) is 7. The number of methoxy groups -OCH3 is 1. The lowest BCUT2D eigenvalue weighted by atomic mass is 10.0. The predicted octanol–water partition coefficient (Wildman–Crippen LogP) is 4.02. The Morgan fingerprint density at radius 2 is 1.92 bits per heavy atom. The molecule has 0 radical (unpaired) electrons. The minimum absolute atomic E-state index is 0.0812. The molecule has 1 N–H and O–H groups in total. The summed E-state index contributed by atoms with van der Waals surface area (Å²) in [5, 5.41) is 14.5. The van der Waals surface area contributed by atoms with Gasteiger partial charge in [0.1, 0.15) is 23.8 Å². The molecule has 10 nitrogen and oxygen atoms in total. The summed E-state index contributed by atoms with van der Waals surface area (Å²) in [6.07, 6.45) is 6.88. The van der Waals surface area contributed by atoms with Crippen LogP contribution in [0.15, 0.2) is 71.6 Å². The standard InChI is InChI=1S/C27H28N6O4/c1-18-9-11-19(12-10-18)25(26(34)29-20-6-3-4-7-20)33(27(35)23-8-5-15-37-23)21-13-14-22(24(16-21)36-2)32-17-28-30-31-32/h5,8-17,20,25H,3-4,6-7H2,1-2H3,(H,29,34)/t25-/m1/s1. The highest BCUT2D eigenvalue weighted by molar-refractivity contribution is 6.08. The molecule has 0 bridgehead atoms. The summed E-state index contributed by atoms with van der Waals surface area (Å²) in [4.78, 5) is 29.3. The van der Waals surface area contributed by atoms with Crippen LogP contribution in [0.3, 0.4) is 0 Å². The summed E-state index contributed by atoms with van der Waals surface area (Å²) >= 11 is 0. The fourth-order valence-electron chi connectivity index (χ4n) is 4.70. The van der Waals surface area contributed by atoms with Gasteiger partial charge in [-0.05, 0) is 60.0 Å². The van der Waals surface area contributed by atoms with E-state index in [-0.39, 0.29) is 17.7 Å². The van der Waals surface area contributed by atoms with Crippen LogP contribution in [0.5, 0.6) is 5.75 Å².